The van der Waals surface area contributed by atoms with E-state index >= 15 is 0 Å². The van der Waals surface area contributed by atoms with Gasteiger partial charge in [0.05, 0.1) is 5.69 Å². The van der Waals surface area contributed by atoms with Crippen molar-refractivity contribution in [2.24, 2.45) is 0 Å². The van der Waals surface area contributed by atoms with Crippen molar-refractivity contribution in [2.75, 3.05) is 5.32 Å². The summed E-state index contributed by atoms with van der Waals surface area (Å²) in [7, 11) is 0. The zero-order chi connectivity index (χ0) is 16.8. The van der Waals surface area contributed by atoms with Gasteiger partial charge in [0.25, 0.3) is 0 Å². The van der Waals surface area contributed by atoms with E-state index in [0.717, 1.165) is 20.5 Å². The van der Waals surface area contributed by atoms with Gasteiger partial charge in [0.2, 0.25) is 0 Å². The van der Waals surface area contributed by atoms with Gasteiger partial charge in [0.15, 0.2) is 5.78 Å². The molecule has 0 aliphatic rings. The molecule has 0 spiro atoms. The molecule has 24 heavy (non-hydrogen) atoms. The van der Waals surface area contributed by atoms with Crippen molar-refractivity contribution in [3.63, 3.8) is 0 Å². The summed E-state index contributed by atoms with van der Waals surface area (Å²) in [4.78, 5) is 12.6. The first-order valence-electron chi connectivity index (χ1n) is 7.62. The molecule has 0 unspecified atom stereocenters. The van der Waals surface area contributed by atoms with Crippen molar-refractivity contribution in [2.45, 2.75) is 0 Å². The molecule has 0 heterocycles. The zero-order valence-corrected chi connectivity index (χ0v) is 15.1. The number of hydrogen-bond donors (Lipinski definition) is 1. The summed E-state index contributed by atoms with van der Waals surface area (Å²) in [5.74, 6) is -0.0205. The Hall–Kier alpha value is -2.40. The fourth-order valence-electron chi connectivity index (χ4n) is 2.33. The highest BCUT2D eigenvalue weighted by Crippen LogP contribution is 2.23. The number of ketones is 1. The molecule has 3 aromatic carbocycles. The number of halogens is 1. The van der Waals surface area contributed by atoms with Crippen molar-refractivity contribution >= 4 is 39.8 Å². The molecule has 0 fully saturated rings. The summed E-state index contributed by atoms with van der Waals surface area (Å²) in [6, 6.07) is 27.2. The van der Waals surface area contributed by atoms with Gasteiger partial charge in [-0.25, -0.2) is 0 Å². The number of benzene rings is 3. The highest BCUT2D eigenvalue weighted by Gasteiger charge is 2.08. The number of nitrogens with one attached hydrogen (secondary N) is 1. The Bertz CT molecular complexity index is 857. The largest absolute Gasteiger partial charge is 0.354 e. The van der Waals surface area contributed by atoms with E-state index in [1.54, 1.807) is 6.08 Å². The average Bonchev–Trinajstić information content (AvgIpc) is 2.64. The Morgan fingerprint density at radius 1 is 0.750 bits per heavy atom. The van der Waals surface area contributed by atoms with Gasteiger partial charge < -0.3 is 5.32 Å². The number of carbonyl (C=O) groups excluding carboxylic acids is 1. The predicted octanol–water partition coefficient (Wildman–Crippen LogP) is 5.63. The lowest BCUT2D eigenvalue weighted by atomic mass is 10.1. The van der Waals surface area contributed by atoms with Crippen LogP contribution in [-0.2, 0) is 0 Å². The van der Waals surface area contributed by atoms with Crippen LogP contribution in [0.1, 0.15) is 15.9 Å². The van der Waals surface area contributed by atoms with Crippen LogP contribution in [0, 0.1) is 3.57 Å². The maximum Gasteiger partial charge on any atom is 0.187 e. The molecule has 0 aliphatic carbocycles. The molecule has 0 aliphatic heterocycles. The lowest BCUT2D eigenvalue weighted by molar-refractivity contribution is 0.104. The fraction of sp³-hybridized carbons (Fsp3) is 0. The van der Waals surface area contributed by atoms with Crippen molar-refractivity contribution in [3.8, 4) is 0 Å². The quantitative estimate of drug-likeness (QED) is 0.326. The smallest absolute Gasteiger partial charge is 0.187 e. The Morgan fingerprint density at radius 3 is 1.92 bits per heavy atom. The summed E-state index contributed by atoms with van der Waals surface area (Å²) >= 11 is 2.28. The second-order valence-corrected chi connectivity index (χ2v) is 6.42. The highest BCUT2D eigenvalue weighted by atomic mass is 127. The molecule has 1 N–H and O–H groups in total. The van der Waals surface area contributed by atoms with Gasteiger partial charge in [-0.05, 0) is 40.3 Å². The molecule has 0 radical (unpaired) electrons. The molecule has 3 rings (SSSR count). The Kier molecular flexibility index (Phi) is 5.43. The first-order valence-corrected chi connectivity index (χ1v) is 8.70. The van der Waals surface area contributed by atoms with Crippen molar-refractivity contribution in [1.29, 1.82) is 0 Å². The lowest BCUT2D eigenvalue weighted by Crippen LogP contribution is -2.04. The molecular formula is C21H16INO. The number of anilines is 1. The number of para-hydroxylation sites is 1. The minimum atomic E-state index is -0.0205. The van der Waals surface area contributed by atoms with E-state index in [1.807, 2.05) is 84.9 Å². The van der Waals surface area contributed by atoms with Crippen molar-refractivity contribution < 1.29 is 4.79 Å². The summed E-state index contributed by atoms with van der Waals surface area (Å²) < 4.78 is 1.10. The summed E-state index contributed by atoms with van der Waals surface area (Å²) in [6.07, 6.45) is 1.66. The molecule has 3 heteroatoms. The average molecular weight is 425 g/mol. The van der Waals surface area contributed by atoms with Gasteiger partial charge in [-0.1, -0.05) is 72.8 Å². The summed E-state index contributed by atoms with van der Waals surface area (Å²) in [5, 5.41) is 3.40. The van der Waals surface area contributed by atoms with E-state index in [4.69, 9.17) is 0 Å². The van der Waals surface area contributed by atoms with Gasteiger partial charge >= 0.3 is 0 Å². The minimum Gasteiger partial charge on any atom is -0.354 e. The molecule has 0 aromatic heterocycles. The van der Waals surface area contributed by atoms with E-state index in [1.165, 1.54) is 0 Å². The van der Waals surface area contributed by atoms with Gasteiger partial charge in [0, 0.05) is 20.9 Å². The fourth-order valence-corrected chi connectivity index (χ4v) is 2.86. The van der Waals surface area contributed by atoms with Gasteiger partial charge in [0.1, 0.15) is 0 Å². The second kappa shape index (κ2) is 7.93. The van der Waals surface area contributed by atoms with Gasteiger partial charge in [-0.3, -0.25) is 4.79 Å². The maximum absolute atomic E-state index is 12.6. The number of rotatable bonds is 5. The van der Waals surface area contributed by atoms with Crippen LogP contribution in [0.5, 0.6) is 0 Å². The first kappa shape index (κ1) is 16.5. The Labute approximate surface area is 155 Å². The molecule has 3 aromatic rings. The van der Waals surface area contributed by atoms with E-state index < -0.39 is 0 Å². The van der Waals surface area contributed by atoms with E-state index in [0.29, 0.717) is 5.56 Å². The van der Waals surface area contributed by atoms with Crippen LogP contribution in [-0.4, -0.2) is 5.78 Å². The van der Waals surface area contributed by atoms with Crippen LogP contribution in [0.3, 0.4) is 0 Å². The molecule has 0 saturated carbocycles. The third-order valence-electron chi connectivity index (χ3n) is 3.56. The number of allylic oxidation sites excluding steroid dienone is 1. The highest BCUT2D eigenvalue weighted by molar-refractivity contribution is 14.1. The Balaban J connectivity index is 1.98. The third-order valence-corrected chi connectivity index (χ3v) is 4.50. The Morgan fingerprint density at radius 2 is 1.29 bits per heavy atom. The molecule has 0 atom stereocenters. The van der Waals surface area contributed by atoms with Gasteiger partial charge in [-0.15, -0.1) is 0 Å². The topological polar surface area (TPSA) is 29.1 Å². The van der Waals surface area contributed by atoms with Crippen LogP contribution >= 0.6 is 22.6 Å². The molecule has 118 valence electrons. The predicted molar refractivity (Wildman–Crippen MR) is 108 cm³/mol. The van der Waals surface area contributed by atoms with E-state index in [2.05, 4.69) is 27.9 Å². The lowest BCUT2D eigenvalue weighted by Gasteiger charge is -2.13. The third kappa shape index (κ3) is 4.11. The van der Waals surface area contributed by atoms with Crippen LogP contribution in [0.4, 0.5) is 5.69 Å². The van der Waals surface area contributed by atoms with Crippen molar-refractivity contribution in [3.05, 3.63) is 106 Å². The van der Waals surface area contributed by atoms with E-state index in [-0.39, 0.29) is 5.78 Å². The number of hydrogen-bond acceptors (Lipinski definition) is 2. The second-order valence-electron chi connectivity index (χ2n) is 5.26. The molecule has 0 saturated heterocycles. The zero-order valence-electron chi connectivity index (χ0n) is 12.9. The molecular weight excluding hydrogens is 409 g/mol. The monoisotopic (exact) mass is 425 g/mol. The van der Waals surface area contributed by atoms with Crippen LogP contribution in [0.2, 0.25) is 0 Å². The van der Waals surface area contributed by atoms with Crippen molar-refractivity contribution in [1.82, 2.24) is 0 Å². The SMILES string of the molecule is O=C(/C=C(/Nc1ccccc1I)c1ccccc1)c1ccccc1. The maximum atomic E-state index is 12.6. The standard InChI is InChI=1S/C21H16INO/c22-18-13-7-8-14-19(18)23-20(16-9-3-1-4-10-16)15-21(24)17-11-5-2-6-12-17/h1-15,23H/b20-15+. The molecule has 0 bridgehead atoms. The number of carbonyl (C=O) groups is 1. The summed E-state index contributed by atoms with van der Waals surface area (Å²) in [5.41, 5.74) is 3.42. The molecule has 2 nitrogen and oxygen atoms in total. The molecule has 0 amide bonds. The minimum absolute atomic E-state index is 0.0205. The van der Waals surface area contributed by atoms with Crippen LogP contribution < -0.4 is 5.32 Å². The van der Waals surface area contributed by atoms with Gasteiger partial charge in [-0.2, -0.15) is 0 Å². The van der Waals surface area contributed by atoms with Crippen LogP contribution in [0.25, 0.3) is 5.70 Å². The van der Waals surface area contributed by atoms with Crippen LogP contribution in [0.15, 0.2) is 91.0 Å². The first-order chi connectivity index (χ1) is 11.7. The summed E-state index contributed by atoms with van der Waals surface area (Å²) in [6.45, 7) is 0. The normalized spacial score (nSPS) is 11.1. The van der Waals surface area contributed by atoms with E-state index in [9.17, 15) is 4.79 Å².